The zero-order valence-electron chi connectivity index (χ0n) is 7.79. The molecule has 1 aromatic heterocycles. The third kappa shape index (κ3) is 2.79. The number of nitrogens with two attached hydrogens (primary N) is 1. The summed E-state index contributed by atoms with van der Waals surface area (Å²) in [6.45, 7) is 2.10. The van der Waals surface area contributed by atoms with Crippen molar-refractivity contribution in [2.45, 2.75) is 31.0 Å². The molecule has 0 aliphatic rings. The Bertz CT molecular complexity index is 398. The Morgan fingerprint density at radius 3 is 2.79 bits per heavy atom. The summed E-state index contributed by atoms with van der Waals surface area (Å²) in [6.07, 6.45) is 1.53. The van der Waals surface area contributed by atoms with Crippen LogP contribution in [0.2, 0.25) is 0 Å². The van der Waals surface area contributed by atoms with E-state index in [1.54, 1.807) is 0 Å². The van der Waals surface area contributed by atoms with Gasteiger partial charge in [-0.25, -0.2) is 13.6 Å². The average Bonchev–Trinajstić information content (AvgIpc) is 2.51. The summed E-state index contributed by atoms with van der Waals surface area (Å²) >= 11 is 0. The molecule has 14 heavy (non-hydrogen) atoms. The molecule has 1 aromatic rings. The largest absolute Gasteiger partial charge is 0.391 e. The molecule has 80 valence electrons. The van der Waals surface area contributed by atoms with Crippen LogP contribution in [0.4, 0.5) is 0 Å². The van der Waals surface area contributed by atoms with E-state index in [0.717, 1.165) is 0 Å². The first-order chi connectivity index (χ1) is 6.43. The molecule has 1 unspecified atom stereocenters. The van der Waals surface area contributed by atoms with Crippen molar-refractivity contribution in [3.63, 3.8) is 0 Å². The maximum atomic E-state index is 10.8. The maximum Gasteiger partial charge on any atom is 0.257 e. The first-order valence-electron chi connectivity index (χ1n) is 4.18. The second kappa shape index (κ2) is 4.07. The van der Waals surface area contributed by atoms with Gasteiger partial charge in [0.1, 0.15) is 0 Å². The number of aliphatic hydroxyl groups is 1. The van der Waals surface area contributed by atoms with E-state index in [9.17, 15) is 13.5 Å². The summed E-state index contributed by atoms with van der Waals surface area (Å²) in [5.41, 5.74) is 0. The van der Waals surface area contributed by atoms with Gasteiger partial charge in [-0.05, 0) is 12.5 Å². The van der Waals surface area contributed by atoms with Gasteiger partial charge in [0.05, 0.1) is 12.6 Å². The van der Waals surface area contributed by atoms with E-state index >= 15 is 0 Å². The van der Waals surface area contributed by atoms with E-state index in [2.05, 4.69) is 5.10 Å². The standard InChI is InChI=1S/C7H13N3O3S/c1-2-6(11)5-10-4-3-7(9-10)14(8,12)13/h3-4,6,11H,2,5H2,1H3,(H2,8,12,13). The molecular weight excluding hydrogens is 206 g/mol. The van der Waals surface area contributed by atoms with Crippen molar-refractivity contribution in [1.82, 2.24) is 9.78 Å². The average molecular weight is 219 g/mol. The predicted octanol–water partition coefficient (Wildman–Crippen LogP) is -0.699. The van der Waals surface area contributed by atoms with Crippen LogP contribution in [-0.2, 0) is 16.6 Å². The topological polar surface area (TPSA) is 98.2 Å². The summed E-state index contributed by atoms with van der Waals surface area (Å²) in [5.74, 6) is 0. The molecule has 0 fully saturated rings. The molecular formula is C7H13N3O3S. The summed E-state index contributed by atoms with van der Waals surface area (Å²) in [6, 6.07) is 1.30. The molecule has 1 rings (SSSR count). The van der Waals surface area contributed by atoms with Gasteiger partial charge < -0.3 is 5.11 Å². The van der Waals surface area contributed by atoms with Crippen molar-refractivity contribution in [3.8, 4) is 0 Å². The van der Waals surface area contributed by atoms with E-state index in [1.165, 1.54) is 16.9 Å². The van der Waals surface area contributed by atoms with Crippen LogP contribution in [0.5, 0.6) is 0 Å². The number of nitrogens with zero attached hydrogens (tertiary/aromatic N) is 2. The zero-order chi connectivity index (χ0) is 10.8. The Hall–Kier alpha value is -0.920. The van der Waals surface area contributed by atoms with E-state index in [-0.39, 0.29) is 11.6 Å². The van der Waals surface area contributed by atoms with Crippen LogP contribution in [0.3, 0.4) is 0 Å². The van der Waals surface area contributed by atoms with E-state index in [0.29, 0.717) is 6.42 Å². The fourth-order valence-electron chi connectivity index (χ4n) is 0.942. The minimum Gasteiger partial charge on any atom is -0.391 e. The molecule has 7 heteroatoms. The summed E-state index contributed by atoms with van der Waals surface area (Å²) in [4.78, 5) is 0. The molecule has 0 aliphatic carbocycles. The third-order valence-corrected chi connectivity index (χ3v) is 2.58. The highest BCUT2D eigenvalue weighted by atomic mass is 32.2. The van der Waals surface area contributed by atoms with Crippen molar-refractivity contribution < 1.29 is 13.5 Å². The van der Waals surface area contributed by atoms with Gasteiger partial charge in [-0.1, -0.05) is 6.92 Å². The monoisotopic (exact) mass is 219 g/mol. The van der Waals surface area contributed by atoms with Gasteiger partial charge in [-0.3, -0.25) is 4.68 Å². The first kappa shape index (κ1) is 11.2. The van der Waals surface area contributed by atoms with Crippen molar-refractivity contribution in [2.24, 2.45) is 5.14 Å². The molecule has 0 spiro atoms. The maximum absolute atomic E-state index is 10.8. The summed E-state index contributed by atoms with van der Waals surface area (Å²) in [5, 5.41) is 17.7. The number of hydrogen-bond acceptors (Lipinski definition) is 4. The van der Waals surface area contributed by atoms with Gasteiger partial charge in [0.15, 0.2) is 5.03 Å². The number of sulfonamides is 1. The molecule has 0 aliphatic heterocycles. The fourth-order valence-corrected chi connectivity index (χ4v) is 1.41. The molecule has 0 aromatic carbocycles. The lowest BCUT2D eigenvalue weighted by molar-refractivity contribution is 0.144. The Morgan fingerprint density at radius 1 is 1.71 bits per heavy atom. The highest BCUT2D eigenvalue weighted by Crippen LogP contribution is 2.03. The number of rotatable bonds is 4. The lowest BCUT2D eigenvalue weighted by Crippen LogP contribution is -2.17. The molecule has 1 atom stereocenters. The molecule has 3 N–H and O–H groups in total. The van der Waals surface area contributed by atoms with Crippen molar-refractivity contribution in [1.29, 1.82) is 0 Å². The molecule has 6 nitrogen and oxygen atoms in total. The van der Waals surface area contributed by atoms with Crippen LogP contribution in [0.15, 0.2) is 17.3 Å². The summed E-state index contributed by atoms with van der Waals surface area (Å²) in [7, 11) is -3.74. The van der Waals surface area contributed by atoms with Crippen molar-refractivity contribution >= 4 is 10.0 Å². The Morgan fingerprint density at radius 2 is 2.36 bits per heavy atom. The fraction of sp³-hybridized carbons (Fsp3) is 0.571. The van der Waals surface area contributed by atoms with Crippen LogP contribution in [0.25, 0.3) is 0 Å². The van der Waals surface area contributed by atoms with E-state index in [1.807, 2.05) is 6.92 Å². The van der Waals surface area contributed by atoms with Gasteiger partial charge in [0.2, 0.25) is 0 Å². The van der Waals surface area contributed by atoms with Crippen molar-refractivity contribution in [2.75, 3.05) is 0 Å². The molecule has 0 saturated heterocycles. The van der Waals surface area contributed by atoms with Crippen LogP contribution >= 0.6 is 0 Å². The minimum absolute atomic E-state index is 0.180. The number of primary sulfonamides is 1. The van der Waals surface area contributed by atoms with E-state index in [4.69, 9.17) is 5.14 Å². The molecule has 0 bridgehead atoms. The third-order valence-electron chi connectivity index (χ3n) is 1.78. The minimum atomic E-state index is -3.74. The van der Waals surface area contributed by atoms with Crippen molar-refractivity contribution in [3.05, 3.63) is 12.3 Å². The molecule has 0 radical (unpaired) electrons. The smallest absolute Gasteiger partial charge is 0.257 e. The lowest BCUT2D eigenvalue weighted by atomic mass is 10.3. The highest BCUT2D eigenvalue weighted by Gasteiger charge is 2.12. The number of hydrogen-bond donors (Lipinski definition) is 2. The number of aromatic nitrogens is 2. The van der Waals surface area contributed by atoms with Gasteiger partial charge in [0.25, 0.3) is 10.0 Å². The van der Waals surface area contributed by atoms with Crippen LogP contribution < -0.4 is 5.14 Å². The Balaban J connectivity index is 2.79. The Kier molecular flexibility index (Phi) is 3.25. The number of aliphatic hydroxyl groups excluding tert-OH is 1. The predicted molar refractivity (Wildman–Crippen MR) is 49.9 cm³/mol. The zero-order valence-corrected chi connectivity index (χ0v) is 8.61. The second-order valence-corrected chi connectivity index (χ2v) is 4.49. The molecule has 0 amide bonds. The van der Waals surface area contributed by atoms with Crippen LogP contribution in [0.1, 0.15) is 13.3 Å². The van der Waals surface area contributed by atoms with Crippen LogP contribution in [0, 0.1) is 0 Å². The van der Waals surface area contributed by atoms with Gasteiger partial charge in [-0.15, -0.1) is 0 Å². The normalized spacial score (nSPS) is 14.2. The Labute approximate surface area is 82.4 Å². The van der Waals surface area contributed by atoms with Gasteiger partial charge >= 0.3 is 0 Å². The SMILES string of the molecule is CCC(O)Cn1ccc(S(N)(=O)=O)n1. The van der Waals surface area contributed by atoms with E-state index < -0.39 is 16.1 Å². The second-order valence-electron chi connectivity index (χ2n) is 2.98. The summed E-state index contributed by atoms with van der Waals surface area (Å²) < 4.78 is 23.0. The molecule has 0 saturated carbocycles. The first-order valence-corrected chi connectivity index (χ1v) is 5.72. The molecule has 1 heterocycles. The van der Waals surface area contributed by atoms with Gasteiger partial charge in [0, 0.05) is 6.20 Å². The van der Waals surface area contributed by atoms with Gasteiger partial charge in [-0.2, -0.15) is 5.10 Å². The van der Waals surface area contributed by atoms with Crippen LogP contribution in [-0.4, -0.2) is 29.4 Å². The quantitative estimate of drug-likeness (QED) is 0.699. The lowest BCUT2D eigenvalue weighted by Gasteiger charge is -2.06. The highest BCUT2D eigenvalue weighted by molar-refractivity contribution is 7.89.